The Kier molecular flexibility index (Phi) is 2.95. The molecule has 0 aliphatic heterocycles. The minimum atomic E-state index is -0.460. The highest BCUT2D eigenvalue weighted by Crippen LogP contribution is 2.24. The van der Waals surface area contributed by atoms with E-state index in [4.69, 9.17) is 10.2 Å². The van der Waals surface area contributed by atoms with Crippen molar-refractivity contribution in [1.29, 1.82) is 0 Å². The van der Waals surface area contributed by atoms with Gasteiger partial charge in [0.2, 0.25) is 0 Å². The summed E-state index contributed by atoms with van der Waals surface area (Å²) >= 11 is 0. The molecule has 0 saturated carbocycles. The first kappa shape index (κ1) is 12.4. The third-order valence-corrected chi connectivity index (χ3v) is 3.10. The molecule has 0 aliphatic rings. The normalized spacial score (nSPS) is 10.8. The lowest BCUT2D eigenvalue weighted by molar-refractivity contribution is -0.116. The average Bonchev–Trinajstić information content (AvgIpc) is 2.27. The van der Waals surface area contributed by atoms with Crippen molar-refractivity contribution < 1.29 is 9.21 Å². The molecule has 1 aromatic heterocycles. The Morgan fingerprint density at radius 2 is 2.00 bits per heavy atom. The molecule has 2 rings (SSSR count). The van der Waals surface area contributed by atoms with E-state index in [2.05, 4.69) is 0 Å². The molecule has 0 fully saturated rings. The highest BCUT2D eigenvalue weighted by atomic mass is 16.4. The first-order chi connectivity index (χ1) is 8.40. The third-order valence-electron chi connectivity index (χ3n) is 3.10. The van der Waals surface area contributed by atoms with Crippen LogP contribution >= 0.6 is 0 Å². The summed E-state index contributed by atoms with van der Waals surface area (Å²) in [6, 6.07) is 3.53. The Balaban J connectivity index is 2.80. The number of rotatable bonds is 2. The molecule has 2 aromatic rings. The number of nitrogens with two attached hydrogens (primary N) is 1. The van der Waals surface area contributed by atoms with E-state index in [0.29, 0.717) is 16.8 Å². The number of ketones is 1. The van der Waals surface area contributed by atoms with Crippen molar-refractivity contribution in [2.45, 2.75) is 27.2 Å². The maximum Gasteiger partial charge on any atom is 0.340 e. The number of Topliss-reactive ketones (excluding diaryl/α,β-unsaturated/α-hetero) is 1. The zero-order chi connectivity index (χ0) is 13.4. The van der Waals surface area contributed by atoms with Crippen LogP contribution in [0.2, 0.25) is 0 Å². The van der Waals surface area contributed by atoms with Crippen molar-refractivity contribution >= 4 is 22.4 Å². The van der Waals surface area contributed by atoms with Gasteiger partial charge in [-0.15, -0.1) is 0 Å². The van der Waals surface area contributed by atoms with E-state index in [1.54, 1.807) is 6.07 Å². The molecule has 18 heavy (non-hydrogen) atoms. The molecule has 0 amide bonds. The number of hydrogen-bond donors (Lipinski definition) is 1. The van der Waals surface area contributed by atoms with Crippen LogP contribution in [0, 0.1) is 13.8 Å². The maximum atomic E-state index is 11.8. The Labute approximate surface area is 104 Å². The third kappa shape index (κ3) is 2.01. The van der Waals surface area contributed by atoms with E-state index in [9.17, 15) is 9.59 Å². The second-order valence-electron chi connectivity index (χ2n) is 4.58. The second-order valence-corrected chi connectivity index (χ2v) is 4.58. The Morgan fingerprint density at radius 1 is 1.33 bits per heavy atom. The van der Waals surface area contributed by atoms with E-state index in [-0.39, 0.29) is 12.2 Å². The van der Waals surface area contributed by atoms with Gasteiger partial charge in [-0.25, -0.2) is 4.79 Å². The number of anilines is 1. The van der Waals surface area contributed by atoms with E-state index < -0.39 is 5.63 Å². The molecule has 0 aliphatic carbocycles. The fraction of sp³-hybridized carbons (Fsp3) is 0.286. The summed E-state index contributed by atoms with van der Waals surface area (Å²) in [4.78, 5) is 23.0. The minimum Gasteiger partial charge on any atom is -0.422 e. The monoisotopic (exact) mass is 245 g/mol. The zero-order valence-electron chi connectivity index (χ0n) is 10.7. The lowest BCUT2D eigenvalue weighted by atomic mass is 10.0. The molecule has 0 bridgehead atoms. The summed E-state index contributed by atoms with van der Waals surface area (Å²) in [7, 11) is 0. The van der Waals surface area contributed by atoms with Crippen LogP contribution in [0.1, 0.15) is 23.6 Å². The molecule has 0 atom stereocenters. The van der Waals surface area contributed by atoms with Crippen LogP contribution in [-0.2, 0) is 11.2 Å². The fourth-order valence-electron chi connectivity index (χ4n) is 2.01. The molecule has 1 aromatic carbocycles. The van der Waals surface area contributed by atoms with Gasteiger partial charge < -0.3 is 10.2 Å². The first-order valence-corrected chi connectivity index (χ1v) is 5.72. The minimum absolute atomic E-state index is 0.0584. The number of carbonyl (C=O) groups excluding carboxylic acids is 1. The van der Waals surface area contributed by atoms with Gasteiger partial charge in [0.15, 0.2) is 0 Å². The Morgan fingerprint density at radius 3 is 2.61 bits per heavy atom. The number of carbonyl (C=O) groups is 1. The molecule has 0 radical (unpaired) electrons. The summed E-state index contributed by atoms with van der Waals surface area (Å²) in [6.07, 6.45) is 0.105. The van der Waals surface area contributed by atoms with Gasteiger partial charge in [0.05, 0.1) is 0 Å². The van der Waals surface area contributed by atoms with Gasteiger partial charge in [0.1, 0.15) is 11.4 Å². The maximum absolute atomic E-state index is 11.8. The molecule has 4 nitrogen and oxygen atoms in total. The van der Waals surface area contributed by atoms with E-state index >= 15 is 0 Å². The van der Waals surface area contributed by atoms with Crippen LogP contribution < -0.4 is 11.4 Å². The van der Waals surface area contributed by atoms with Gasteiger partial charge in [-0.2, -0.15) is 0 Å². The summed E-state index contributed by atoms with van der Waals surface area (Å²) in [5.74, 6) is -0.0584. The fourth-order valence-corrected chi connectivity index (χ4v) is 2.01. The molecular weight excluding hydrogens is 230 g/mol. The number of hydrogen-bond acceptors (Lipinski definition) is 4. The van der Waals surface area contributed by atoms with Gasteiger partial charge in [0, 0.05) is 29.1 Å². The van der Waals surface area contributed by atoms with Crippen LogP contribution in [0.15, 0.2) is 21.3 Å². The van der Waals surface area contributed by atoms with Crippen LogP contribution in [0.5, 0.6) is 0 Å². The van der Waals surface area contributed by atoms with Gasteiger partial charge in [-0.3, -0.25) is 4.79 Å². The van der Waals surface area contributed by atoms with Crippen molar-refractivity contribution in [2.24, 2.45) is 0 Å². The van der Waals surface area contributed by atoms with Gasteiger partial charge in [0.25, 0.3) is 0 Å². The number of aryl methyl sites for hydroxylation is 2. The summed E-state index contributed by atoms with van der Waals surface area (Å²) in [6.45, 7) is 5.18. The molecule has 4 heteroatoms. The van der Waals surface area contributed by atoms with E-state index in [0.717, 1.165) is 16.5 Å². The zero-order valence-corrected chi connectivity index (χ0v) is 10.7. The summed E-state index contributed by atoms with van der Waals surface area (Å²) in [5, 5.41) is 0.831. The number of nitrogen functional groups attached to an aromatic ring is 1. The highest BCUT2D eigenvalue weighted by molar-refractivity contribution is 5.87. The van der Waals surface area contributed by atoms with Crippen molar-refractivity contribution in [3.63, 3.8) is 0 Å². The molecule has 0 saturated heterocycles. The quantitative estimate of drug-likeness (QED) is 0.649. The topological polar surface area (TPSA) is 73.3 Å². The van der Waals surface area contributed by atoms with Crippen LogP contribution in [0.25, 0.3) is 11.0 Å². The average molecular weight is 245 g/mol. The molecule has 94 valence electrons. The van der Waals surface area contributed by atoms with Gasteiger partial charge in [-0.05, 0) is 38.0 Å². The standard InChI is InChI=1S/C14H15NO3/c1-7-4-10-9(3)11(5-8(2)16)14(17)18-13(10)6-12(7)15/h4,6H,5,15H2,1-3H3. The Bertz CT molecular complexity index is 698. The summed E-state index contributed by atoms with van der Waals surface area (Å²) < 4.78 is 5.22. The SMILES string of the molecule is CC(=O)Cc1c(C)c2cc(C)c(N)cc2oc1=O. The van der Waals surface area contributed by atoms with E-state index in [1.165, 1.54) is 6.92 Å². The largest absolute Gasteiger partial charge is 0.422 e. The molecule has 2 N–H and O–H groups in total. The van der Waals surface area contributed by atoms with Crippen molar-refractivity contribution in [2.75, 3.05) is 5.73 Å². The lowest BCUT2D eigenvalue weighted by Crippen LogP contribution is -2.13. The number of benzene rings is 1. The molecule has 1 heterocycles. The molecular formula is C14H15NO3. The van der Waals surface area contributed by atoms with Crippen LogP contribution in [0.4, 0.5) is 5.69 Å². The van der Waals surface area contributed by atoms with Crippen molar-refractivity contribution in [3.8, 4) is 0 Å². The van der Waals surface area contributed by atoms with Crippen LogP contribution in [-0.4, -0.2) is 5.78 Å². The van der Waals surface area contributed by atoms with Crippen molar-refractivity contribution in [1.82, 2.24) is 0 Å². The lowest BCUT2D eigenvalue weighted by Gasteiger charge is -2.08. The number of fused-ring (bicyclic) bond motifs is 1. The van der Waals surface area contributed by atoms with Gasteiger partial charge in [-0.1, -0.05) is 0 Å². The van der Waals surface area contributed by atoms with Crippen molar-refractivity contribution in [3.05, 3.63) is 39.2 Å². The van der Waals surface area contributed by atoms with Gasteiger partial charge >= 0.3 is 5.63 Å². The van der Waals surface area contributed by atoms with E-state index in [1.807, 2.05) is 19.9 Å². The predicted molar refractivity (Wildman–Crippen MR) is 70.8 cm³/mol. The smallest absolute Gasteiger partial charge is 0.340 e. The predicted octanol–water partition coefficient (Wildman–Crippen LogP) is 2.12. The molecule has 0 unspecified atom stereocenters. The van der Waals surface area contributed by atoms with Crippen LogP contribution in [0.3, 0.4) is 0 Å². The Hall–Kier alpha value is -2.10. The molecule has 0 spiro atoms. The first-order valence-electron chi connectivity index (χ1n) is 5.72. The second kappa shape index (κ2) is 4.29. The summed E-state index contributed by atoms with van der Waals surface area (Å²) in [5.41, 5.74) is 8.53. The highest BCUT2D eigenvalue weighted by Gasteiger charge is 2.13.